The molecule has 0 aromatic heterocycles. The van der Waals surface area contributed by atoms with Crippen molar-refractivity contribution in [3.63, 3.8) is 0 Å². The number of halogens is 1. The van der Waals surface area contributed by atoms with Gasteiger partial charge >= 0.3 is 5.97 Å². The topological polar surface area (TPSA) is 49.8 Å². The third-order valence-corrected chi connectivity index (χ3v) is 4.64. The lowest BCUT2D eigenvalue weighted by molar-refractivity contribution is -0.159. The second-order valence-electron chi connectivity index (χ2n) is 6.47. The molecule has 1 heterocycles. The Kier molecular flexibility index (Phi) is 5.68. The molecule has 5 heteroatoms. The van der Waals surface area contributed by atoms with Crippen molar-refractivity contribution in [3.05, 3.63) is 72.1 Å². The Hall–Kier alpha value is -2.66. The Labute approximate surface area is 152 Å². The van der Waals surface area contributed by atoms with E-state index in [1.54, 1.807) is 6.07 Å². The van der Waals surface area contributed by atoms with Crippen LogP contribution in [0.5, 0.6) is 5.75 Å². The zero-order valence-corrected chi connectivity index (χ0v) is 14.5. The molecule has 2 aromatic rings. The highest BCUT2D eigenvalue weighted by molar-refractivity contribution is 5.78. The molecule has 1 aliphatic heterocycles. The molecule has 0 saturated carbocycles. The predicted octanol–water partition coefficient (Wildman–Crippen LogP) is 3.84. The van der Waals surface area contributed by atoms with Crippen LogP contribution in [-0.4, -0.2) is 41.2 Å². The van der Waals surface area contributed by atoms with Gasteiger partial charge in [-0.05, 0) is 17.7 Å². The summed E-state index contributed by atoms with van der Waals surface area (Å²) >= 11 is 0. The molecule has 3 rings (SSSR count). The van der Waals surface area contributed by atoms with Crippen LogP contribution in [0.15, 0.2) is 60.7 Å². The number of carboxylic acids is 1. The van der Waals surface area contributed by atoms with E-state index >= 15 is 0 Å². The maximum atomic E-state index is 13.3. The van der Waals surface area contributed by atoms with E-state index in [1.165, 1.54) is 18.2 Å². The number of carbonyl (C=O) groups is 1. The van der Waals surface area contributed by atoms with Gasteiger partial charge in [-0.15, -0.1) is 0 Å². The first-order valence-electron chi connectivity index (χ1n) is 8.69. The number of likely N-dealkylation sites (tertiary alicyclic amines) is 1. The summed E-state index contributed by atoms with van der Waals surface area (Å²) in [5, 5.41) is 9.68. The van der Waals surface area contributed by atoms with Gasteiger partial charge in [0.15, 0.2) is 0 Å². The first kappa shape index (κ1) is 18.1. The molecule has 136 valence electrons. The lowest BCUT2D eigenvalue weighted by atomic mass is 9.91. The normalized spacial score (nSPS) is 17.3. The van der Waals surface area contributed by atoms with Crippen LogP contribution in [-0.2, 0) is 4.79 Å². The van der Waals surface area contributed by atoms with Crippen LogP contribution in [0.25, 0.3) is 6.08 Å². The van der Waals surface area contributed by atoms with Crippen LogP contribution >= 0.6 is 0 Å². The van der Waals surface area contributed by atoms with Crippen molar-refractivity contribution in [1.82, 2.24) is 4.90 Å². The van der Waals surface area contributed by atoms with E-state index in [-0.39, 0.29) is 5.75 Å². The molecule has 0 amide bonds. The highest BCUT2D eigenvalue weighted by Gasteiger charge is 2.43. The molecule has 1 fully saturated rings. The van der Waals surface area contributed by atoms with Crippen LogP contribution in [0.3, 0.4) is 0 Å². The lowest BCUT2D eigenvalue weighted by Gasteiger charge is -2.38. The fourth-order valence-electron chi connectivity index (χ4n) is 3.11. The molecular weight excluding hydrogens is 333 g/mol. The van der Waals surface area contributed by atoms with Gasteiger partial charge in [-0.25, -0.2) is 9.18 Å². The minimum atomic E-state index is -1.30. The molecule has 26 heavy (non-hydrogen) atoms. The smallest absolute Gasteiger partial charge is 0.348 e. The summed E-state index contributed by atoms with van der Waals surface area (Å²) in [6, 6.07) is 15.7. The number of benzene rings is 2. The van der Waals surface area contributed by atoms with Crippen LogP contribution in [0, 0.1) is 5.82 Å². The Morgan fingerprint density at radius 3 is 2.54 bits per heavy atom. The summed E-state index contributed by atoms with van der Waals surface area (Å²) in [5.74, 6) is -1.18. The van der Waals surface area contributed by atoms with Crippen LogP contribution in [0.2, 0.25) is 0 Å². The van der Waals surface area contributed by atoms with Crippen molar-refractivity contribution in [2.45, 2.75) is 18.4 Å². The highest BCUT2D eigenvalue weighted by Crippen LogP contribution is 2.29. The van der Waals surface area contributed by atoms with Gasteiger partial charge in [-0.2, -0.15) is 0 Å². The summed E-state index contributed by atoms with van der Waals surface area (Å²) in [6.45, 7) is 1.98. The van der Waals surface area contributed by atoms with E-state index in [4.69, 9.17) is 4.74 Å². The number of hydrogen-bond acceptors (Lipinski definition) is 3. The van der Waals surface area contributed by atoms with E-state index in [9.17, 15) is 14.3 Å². The number of piperidine rings is 1. The molecule has 0 bridgehead atoms. The van der Waals surface area contributed by atoms with Gasteiger partial charge in [-0.1, -0.05) is 48.6 Å². The largest absolute Gasteiger partial charge is 0.478 e. The Morgan fingerprint density at radius 1 is 1.15 bits per heavy atom. The quantitative estimate of drug-likeness (QED) is 0.855. The van der Waals surface area contributed by atoms with Crippen molar-refractivity contribution >= 4 is 12.0 Å². The van der Waals surface area contributed by atoms with Gasteiger partial charge in [-0.3, -0.25) is 4.90 Å². The number of nitrogens with zero attached hydrogens (tertiary/aromatic N) is 1. The SMILES string of the molecule is O=C(O)C1(Oc2cccc(F)c2)CCN(CC=Cc2ccccc2)CC1. The first-order chi connectivity index (χ1) is 12.6. The van der Waals surface area contributed by atoms with Crippen molar-refractivity contribution in [2.75, 3.05) is 19.6 Å². The third-order valence-electron chi connectivity index (χ3n) is 4.64. The number of hydrogen-bond donors (Lipinski definition) is 1. The maximum absolute atomic E-state index is 13.3. The molecule has 1 N–H and O–H groups in total. The molecule has 0 aliphatic carbocycles. The molecule has 0 spiro atoms. The van der Waals surface area contributed by atoms with Gasteiger partial charge in [0.1, 0.15) is 11.6 Å². The minimum absolute atomic E-state index is 0.254. The lowest BCUT2D eigenvalue weighted by Crippen LogP contribution is -2.53. The Bertz CT molecular complexity index is 768. The monoisotopic (exact) mass is 355 g/mol. The number of aliphatic carboxylic acids is 1. The second-order valence-corrected chi connectivity index (χ2v) is 6.47. The van der Waals surface area contributed by atoms with E-state index in [1.807, 2.05) is 30.3 Å². The second kappa shape index (κ2) is 8.15. The van der Waals surface area contributed by atoms with Crippen molar-refractivity contribution in [2.24, 2.45) is 0 Å². The van der Waals surface area contributed by atoms with Gasteiger partial charge in [0, 0.05) is 38.5 Å². The molecule has 1 aliphatic rings. The summed E-state index contributed by atoms with van der Waals surface area (Å²) in [6.07, 6.45) is 4.86. The Morgan fingerprint density at radius 2 is 1.88 bits per heavy atom. The average Bonchev–Trinajstić information content (AvgIpc) is 2.64. The predicted molar refractivity (Wildman–Crippen MR) is 98.5 cm³/mol. The first-order valence-corrected chi connectivity index (χ1v) is 8.69. The zero-order chi connectivity index (χ0) is 18.4. The summed E-state index contributed by atoms with van der Waals surface area (Å²) < 4.78 is 19.1. The van der Waals surface area contributed by atoms with Gasteiger partial charge in [0.25, 0.3) is 0 Å². The van der Waals surface area contributed by atoms with Gasteiger partial charge < -0.3 is 9.84 Å². The van der Waals surface area contributed by atoms with E-state index in [0.29, 0.717) is 25.9 Å². The molecule has 0 unspecified atom stereocenters. The number of carboxylic acid groups (broad SMARTS) is 1. The van der Waals surface area contributed by atoms with E-state index in [2.05, 4.69) is 17.1 Å². The fraction of sp³-hybridized carbons (Fsp3) is 0.286. The third kappa shape index (κ3) is 4.49. The Balaban J connectivity index is 1.59. The van der Waals surface area contributed by atoms with E-state index in [0.717, 1.165) is 12.1 Å². The average molecular weight is 355 g/mol. The van der Waals surface area contributed by atoms with E-state index < -0.39 is 17.4 Å². The summed E-state index contributed by atoms with van der Waals surface area (Å²) in [7, 11) is 0. The maximum Gasteiger partial charge on any atom is 0.348 e. The molecular formula is C21H22FNO3. The van der Waals surface area contributed by atoms with Crippen molar-refractivity contribution < 1.29 is 19.0 Å². The van der Waals surface area contributed by atoms with Crippen LogP contribution in [0.1, 0.15) is 18.4 Å². The number of rotatable bonds is 6. The van der Waals surface area contributed by atoms with Gasteiger partial charge in [0.05, 0.1) is 0 Å². The fourth-order valence-corrected chi connectivity index (χ4v) is 3.11. The van der Waals surface area contributed by atoms with Crippen molar-refractivity contribution in [3.8, 4) is 5.75 Å². The molecule has 1 saturated heterocycles. The summed E-state index contributed by atoms with van der Waals surface area (Å²) in [4.78, 5) is 14.0. The summed E-state index contributed by atoms with van der Waals surface area (Å²) in [5.41, 5.74) is -0.160. The molecule has 0 radical (unpaired) electrons. The van der Waals surface area contributed by atoms with Crippen molar-refractivity contribution in [1.29, 1.82) is 0 Å². The standard InChI is InChI=1S/C21H22FNO3/c22-18-9-4-10-19(16-18)26-21(20(24)25)11-14-23(15-12-21)13-5-8-17-6-2-1-3-7-17/h1-10,16H,11-15H2,(H,24,25). The zero-order valence-electron chi connectivity index (χ0n) is 14.5. The molecule has 0 atom stereocenters. The highest BCUT2D eigenvalue weighted by atomic mass is 19.1. The number of ether oxygens (including phenoxy) is 1. The van der Waals surface area contributed by atoms with Crippen LogP contribution < -0.4 is 4.74 Å². The molecule has 4 nitrogen and oxygen atoms in total. The van der Waals surface area contributed by atoms with Gasteiger partial charge in [0.2, 0.25) is 5.60 Å². The van der Waals surface area contributed by atoms with Crippen LogP contribution in [0.4, 0.5) is 4.39 Å². The molecule has 2 aromatic carbocycles. The minimum Gasteiger partial charge on any atom is -0.478 e.